The van der Waals surface area contributed by atoms with E-state index in [4.69, 9.17) is 4.74 Å². The summed E-state index contributed by atoms with van der Waals surface area (Å²) in [6.07, 6.45) is 3.58. The van der Waals surface area contributed by atoms with Gasteiger partial charge in [0.25, 0.3) is 0 Å². The lowest BCUT2D eigenvalue weighted by Crippen LogP contribution is -2.48. The van der Waals surface area contributed by atoms with Crippen molar-refractivity contribution in [1.82, 2.24) is 9.62 Å². The zero-order valence-corrected chi connectivity index (χ0v) is 13.7. The number of carbonyl (C=O) groups is 1. The summed E-state index contributed by atoms with van der Waals surface area (Å²) in [6.45, 7) is 4.97. The molecule has 21 heavy (non-hydrogen) atoms. The van der Waals surface area contributed by atoms with Crippen LogP contribution in [0, 0.1) is 5.92 Å². The predicted molar refractivity (Wildman–Crippen MR) is 80.3 cm³/mol. The van der Waals surface area contributed by atoms with Crippen molar-refractivity contribution in [3.63, 3.8) is 0 Å². The van der Waals surface area contributed by atoms with Crippen LogP contribution in [0.4, 0.5) is 0 Å². The maximum absolute atomic E-state index is 12.6. The van der Waals surface area contributed by atoms with Crippen LogP contribution in [0.5, 0.6) is 0 Å². The monoisotopic (exact) mass is 318 g/mol. The maximum Gasteiger partial charge on any atom is 0.310 e. The molecule has 1 N–H and O–H groups in total. The highest BCUT2D eigenvalue weighted by molar-refractivity contribution is 7.90. The molecule has 0 aromatic carbocycles. The number of nitrogens with one attached hydrogen (secondary N) is 1. The number of nitrogens with zero attached hydrogens (tertiary/aromatic N) is 1. The van der Waals surface area contributed by atoms with E-state index in [0.29, 0.717) is 12.8 Å². The summed E-state index contributed by atoms with van der Waals surface area (Å²) in [6, 6.07) is -0.00306. The van der Waals surface area contributed by atoms with Gasteiger partial charge in [0.15, 0.2) is 0 Å². The molecule has 2 rings (SSSR count). The Hall–Kier alpha value is -0.660. The number of carbonyl (C=O) groups excluding carboxylic acids is 1. The SMILES string of the molecule is CCN1CCC(NS(=O)(=O)C2CCCC2C(=O)OC)CC1. The summed E-state index contributed by atoms with van der Waals surface area (Å²) in [5, 5.41) is -0.630. The van der Waals surface area contributed by atoms with Crippen LogP contribution in [-0.2, 0) is 19.6 Å². The number of hydrogen-bond acceptors (Lipinski definition) is 5. The lowest BCUT2D eigenvalue weighted by molar-refractivity contribution is -0.145. The van der Waals surface area contributed by atoms with Crippen molar-refractivity contribution in [2.45, 2.75) is 50.3 Å². The number of ether oxygens (including phenoxy) is 1. The number of methoxy groups -OCH3 is 1. The molecule has 1 heterocycles. The Morgan fingerprint density at radius 1 is 1.24 bits per heavy atom. The van der Waals surface area contributed by atoms with Crippen molar-refractivity contribution in [2.24, 2.45) is 5.92 Å². The number of sulfonamides is 1. The molecule has 6 nitrogen and oxygen atoms in total. The van der Waals surface area contributed by atoms with E-state index in [1.807, 2.05) is 0 Å². The smallest absolute Gasteiger partial charge is 0.310 e. The zero-order valence-electron chi connectivity index (χ0n) is 12.9. The van der Waals surface area contributed by atoms with E-state index in [-0.39, 0.29) is 6.04 Å². The van der Waals surface area contributed by atoms with Crippen LogP contribution in [-0.4, -0.2) is 57.3 Å². The van der Waals surface area contributed by atoms with Gasteiger partial charge in [-0.2, -0.15) is 0 Å². The van der Waals surface area contributed by atoms with Gasteiger partial charge in [0.2, 0.25) is 10.0 Å². The van der Waals surface area contributed by atoms with Gasteiger partial charge in [-0.25, -0.2) is 13.1 Å². The molecule has 2 aliphatic rings. The quantitative estimate of drug-likeness (QED) is 0.757. The molecule has 7 heteroatoms. The predicted octanol–water partition coefficient (Wildman–Crippen LogP) is 0.732. The Balaban J connectivity index is 1.97. The first kappa shape index (κ1) is 16.7. The molecule has 0 aromatic heterocycles. The lowest BCUT2D eigenvalue weighted by atomic mass is 10.1. The third-order valence-corrected chi connectivity index (χ3v) is 6.74. The van der Waals surface area contributed by atoms with Crippen LogP contribution in [0.25, 0.3) is 0 Å². The van der Waals surface area contributed by atoms with Gasteiger partial charge in [0, 0.05) is 6.04 Å². The van der Waals surface area contributed by atoms with Gasteiger partial charge < -0.3 is 9.64 Å². The minimum Gasteiger partial charge on any atom is -0.469 e. The molecule has 0 radical (unpaired) electrons. The van der Waals surface area contributed by atoms with E-state index in [1.54, 1.807) is 0 Å². The molecule has 0 amide bonds. The van der Waals surface area contributed by atoms with Crippen LogP contribution < -0.4 is 4.72 Å². The van der Waals surface area contributed by atoms with Gasteiger partial charge in [-0.1, -0.05) is 13.3 Å². The number of esters is 1. The number of hydrogen-bond donors (Lipinski definition) is 1. The number of rotatable bonds is 5. The van der Waals surface area contributed by atoms with E-state index in [2.05, 4.69) is 16.5 Å². The van der Waals surface area contributed by atoms with E-state index in [0.717, 1.165) is 38.9 Å². The highest BCUT2D eigenvalue weighted by atomic mass is 32.2. The van der Waals surface area contributed by atoms with Crippen LogP contribution in [0.1, 0.15) is 39.0 Å². The molecule has 1 aliphatic heterocycles. The highest BCUT2D eigenvalue weighted by Crippen LogP contribution is 2.32. The minimum absolute atomic E-state index is 0.00306. The van der Waals surface area contributed by atoms with Crippen molar-refractivity contribution in [1.29, 1.82) is 0 Å². The van der Waals surface area contributed by atoms with Crippen LogP contribution >= 0.6 is 0 Å². The number of likely N-dealkylation sites (tertiary alicyclic amines) is 1. The van der Waals surface area contributed by atoms with E-state index >= 15 is 0 Å². The summed E-state index contributed by atoms with van der Waals surface area (Å²) in [7, 11) is -2.14. The Kier molecular flexibility index (Phi) is 5.62. The molecule has 1 saturated carbocycles. The summed E-state index contributed by atoms with van der Waals surface area (Å²) in [4.78, 5) is 14.0. The van der Waals surface area contributed by atoms with E-state index in [9.17, 15) is 13.2 Å². The first-order valence-corrected chi connectivity index (χ1v) is 9.34. The van der Waals surface area contributed by atoms with Gasteiger partial charge in [-0.05, 0) is 45.3 Å². The first-order chi connectivity index (χ1) is 9.97. The average molecular weight is 318 g/mol. The van der Waals surface area contributed by atoms with E-state index < -0.39 is 27.2 Å². The van der Waals surface area contributed by atoms with Crippen LogP contribution in [0.3, 0.4) is 0 Å². The molecular formula is C14H26N2O4S. The maximum atomic E-state index is 12.6. The van der Waals surface area contributed by atoms with Crippen molar-refractivity contribution in [3.8, 4) is 0 Å². The highest BCUT2D eigenvalue weighted by Gasteiger charge is 2.43. The third kappa shape index (κ3) is 3.96. The van der Waals surface area contributed by atoms with Crippen LogP contribution in [0.2, 0.25) is 0 Å². The normalized spacial score (nSPS) is 28.7. The summed E-state index contributed by atoms with van der Waals surface area (Å²) >= 11 is 0. The van der Waals surface area contributed by atoms with Crippen molar-refractivity contribution in [3.05, 3.63) is 0 Å². The number of piperidine rings is 1. The second-order valence-corrected chi connectivity index (χ2v) is 7.90. The first-order valence-electron chi connectivity index (χ1n) is 7.79. The fourth-order valence-corrected chi connectivity index (χ4v) is 5.44. The molecule has 0 bridgehead atoms. The van der Waals surface area contributed by atoms with Gasteiger partial charge in [0.1, 0.15) is 0 Å². The second-order valence-electron chi connectivity index (χ2n) is 5.97. The zero-order chi connectivity index (χ0) is 15.5. The summed E-state index contributed by atoms with van der Waals surface area (Å²) in [5.74, 6) is -0.910. The van der Waals surface area contributed by atoms with Crippen molar-refractivity contribution in [2.75, 3.05) is 26.7 Å². The second kappa shape index (κ2) is 7.07. The molecular weight excluding hydrogens is 292 g/mol. The largest absolute Gasteiger partial charge is 0.469 e. The molecule has 1 aliphatic carbocycles. The summed E-state index contributed by atoms with van der Waals surface area (Å²) < 4.78 is 32.7. The molecule has 0 spiro atoms. The molecule has 2 atom stereocenters. The third-order valence-electron chi connectivity index (χ3n) is 4.72. The standard InChI is InChI=1S/C14H26N2O4S/c1-3-16-9-7-11(8-10-16)15-21(18,19)13-6-4-5-12(13)14(17)20-2/h11-13,15H,3-10H2,1-2H3. The lowest BCUT2D eigenvalue weighted by Gasteiger charge is -2.32. The Morgan fingerprint density at radius 2 is 1.90 bits per heavy atom. The Labute approximate surface area is 127 Å². The Morgan fingerprint density at radius 3 is 2.48 bits per heavy atom. The van der Waals surface area contributed by atoms with Gasteiger partial charge >= 0.3 is 5.97 Å². The van der Waals surface area contributed by atoms with Gasteiger partial charge in [-0.15, -0.1) is 0 Å². The summed E-state index contributed by atoms with van der Waals surface area (Å²) in [5.41, 5.74) is 0. The molecule has 122 valence electrons. The fourth-order valence-electron chi connectivity index (χ4n) is 3.41. The van der Waals surface area contributed by atoms with Crippen molar-refractivity contribution < 1.29 is 17.9 Å². The minimum atomic E-state index is -3.46. The molecule has 1 saturated heterocycles. The fraction of sp³-hybridized carbons (Fsp3) is 0.929. The van der Waals surface area contributed by atoms with Crippen LogP contribution in [0.15, 0.2) is 0 Å². The molecule has 0 aromatic rings. The molecule has 2 fully saturated rings. The van der Waals surface area contributed by atoms with E-state index in [1.165, 1.54) is 7.11 Å². The molecule has 2 unspecified atom stereocenters. The topological polar surface area (TPSA) is 75.7 Å². The Bertz CT molecular complexity index is 458. The van der Waals surface area contributed by atoms with Crippen molar-refractivity contribution >= 4 is 16.0 Å². The van der Waals surface area contributed by atoms with Gasteiger partial charge in [-0.3, -0.25) is 4.79 Å². The van der Waals surface area contributed by atoms with Gasteiger partial charge in [0.05, 0.1) is 18.3 Å². The average Bonchev–Trinajstić information content (AvgIpc) is 2.97.